The van der Waals surface area contributed by atoms with E-state index in [-0.39, 0.29) is 0 Å². The van der Waals surface area contributed by atoms with Crippen molar-refractivity contribution in [1.29, 1.82) is 0 Å². The Morgan fingerprint density at radius 1 is 0.464 bits per heavy atom. The van der Waals surface area contributed by atoms with E-state index in [2.05, 4.69) is 75.6 Å². The van der Waals surface area contributed by atoms with Crippen LogP contribution in [0.4, 0.5) is 17.3 Å². The zero-order valence-corrected chi connectivity index (χ0v) is 26.0. The molecule has 0 rings (SSSR count). The Morgan fingerprint density at radius 2 is 0.536 bits per heavy atom. The van der Waals surface area contributed by atoms with Crippen molar-refractivity contribution in [1.82, 2.24) is 0 Å². The Hall–Kier alpha value is 2.24. The number of hydrogen-bond donors (Lipinski definition) is 0. The van der Waals surface area contributed by atoms with Gasteiger partial charge >= 0.3 is 38.3 Å². The van der Waals surface area contributed by atoms with E-state index in [9.17, 15) is 17.3 Å². The molecule has 0 N–H and O–H groups in total. The molecule has 0 aliphatic heterocycles. The van der Waals surface area contributed by atoms with Gasteiger partial charge in [-0.2, -0.15) is 0 Å². The van der Waals surface area contributed by atoms with Gasteiger partial charge in [-0.15, -0.1) is 23.8 Å². The van der Waals surface area contributed by atoms with Crippen molar-refractivity contribution in [3.63, 3.8) is 0 Å². The normalized spacial score (nSPS) is 10.1. The Kier molecular flexibility index (Phi) is 49.1. The second-order valence-corrected chi connectivity index (χ2v) is 15.1. The number of hydrogen-bond acceptors (Lipinski definition) is 0. The molecule has 28 heavy (non-hydrogen) atoms. The molecular weight excluding hydrogens is 671 g/mol. The minimum absolute atomic E-state index is 0.446. The second kappa shape index (κ2) is 33.9. The molecule has 0 aromatic heterocycles. The summed E-state index contributed by atoms with van der Waals surface area (Å²) in [7, 11) is -4.66. The van der Waals surface area contributed by atoms with Gasteiger partial charge in [0.2, 0.25) is 0 Å². The van der Waals surface area contributed by atoms with Crippen LogP contribution in [0.2, 0.25) is 0 Å². The fourth-order valence-electron chi connectivity index (χ4n) is 2.01. The van der Waals surface area contributed by atoms with Gasteiger partial charge in [0.25, 0.3) is 0 Å². The van der Waals surface area contributed by atoms with Gasteiger partial charge in [0, 0.05) is 0 Å². The van der Waals surface area contributed by atoms with Gasteiger partial charge in [-0.25, -0.2) is 0 Å². The number of rotatable bonds is 9. The summed E-state index contributed by atoms with van der Waals surface area (Å²) in [6, 6.07) is 0. The van der Waals surface area contributed by atoms with Crippen LogP contribution in [0.3, 0.4) is 0 Å². The molecule has 0 aliphatic rings. The van der Waals surface area contributed by atoms with Crippen LogP contribution in [-0.4, -0.2) is 62.7 Å². The fraction of sp³-hybridized carbons (Fsp3) is 1.00. The van der Waals surface area contributed by atoms with Crippen LogP contribution in [0.5, 0.6) is 0 Å². The number of halogens is 5. The molecule has 0 spiro atoms. The molecule has 0 aliphatic carbocycles. The van der Waals surface area contributed by atoms with Crippen LogP contribution in [0.25, 0.3) is 0 Å². The monoisotopic (exact) mass is 715 g/mol. The van der Waals surface area contributed by atoms with Gasteiger partial charge in [-0.1, -0.05) is 62.3 Å². The van der Waals surface area contributed by atoms with Crippen molar-refractivity contribution in [2.75, 3.05) is 55.5 Å². The first kappa shape index (κ1) is 40.6. The quantitative estimate of drug-likeness (QED) is 0.127. The van der Waals surface area contributed by atoms with E-state index in [0.29, 0.717) is 23.8 Å². The molecular formula is C18H45BBrF4P3Pt. The van der Waals surface area contributed by atoms with E-state index >= 15 is 0 Å². The summed E-state index contributed by atoms with van der Waals surface area (Å²) < 4.78 is 39.0. The second-order valence-electron chi connectivity index (χ2n) is 5.35. The molecule has 0 saturated heterocycles. The van der Waals surface area contributed by atoms with E-state index in [1.807, 2.05) is 17.8 Å². The van der Waals surface area contributed by atoms with E-state index in [1.165, 1.54) is 55.5 Å². The Labute approximate surface area is 196 Å². The predicted octanol–water partition coefficient (Wildman–Crippen LogP) is 9.73. The van der Waals surface area contributed by atoms with Crippen molar-refractivity contribution in [3.8, 4) is 0 Å². The van der Waals surface area contributed by atoms with Crippen molar-refractivity contribution in [2.45, 2.75) is 62.3 Å². The molecule has 0 heterocycles. The van der Waals surface area contributed by atoms with Crippen molar-refractivity contribution < 1.29 is 35.0 Å². The van der Waals surface area contributed by atoms with Crippen LogP contribution in [0, 0.1) is 0 Å². The summed E-state index contributed by atoms with van der Waals surface area (Å²) in [5, 5.41) is 0. The van der Waals surface area contributed by atoms with Crippen molar-refractivity contribution in [2.24, 2.45) is 0 Å². The molecule has 0 aromatic rings. The van der Waals surface area contributed by atoms with Gasteiger partial charge in [-0.3, -0.25) is 0 Å². The zero-order chi connectivity index (χ0) is 23.6. The van der Waals surface area contributed by atoms with Gasteiger partial charge in [-0.05, 0) is 55.5 Å². The van der Waals surface area contributed by atoms with Crippen LogP contribution >= 0.6 is 37.1 Å². The first-order valence-corrected chi connectivity index (χ1v) is 20.9. The molecule has 10 heteroatoms. The van der Waals surface area contributed by atoms with Crippen LogP contribution in [0.15, 0.2) is 0 Å². The topological polar surface area (TPSA) is 0 Å². The third-order valence-electron chi connectivity index (χ3n) is 4.02. The standard InChI is InChI=1S/3C6H15P.BF4.BrH.Pt/c3*1-4-7(5-2)6-3;2-1(3,4)5;;/h3*4-6H2,1-3H3;;1H;/q;;;-1;;+2/p-1. The summed E-state index contributed by atoms with van der Waals surface area (Å²) in [6.45, 7) is 20.6. The van der Waals surface area contributed by atoms with Gasteiger partial charge in [0.05, 0.1) is 0 Å². The summed E-state index contributed by atoms with van der Waals surface area (Å²) in [4.78, 5) is 0. The first-order valence-electron chi connectivity index (χ1n) is 10.2. The molecule has 180 valence electrons. The molecule has 0 saturated carbocycles. The van der Waals surface area contributed by atoms with Gasteiger partial charge in [0.1, 0.15) is 0 Å². The summed E-state index contributed by atoms with van der Waals surface area (Å²) >= 11 is 4.86. The van der Waals surface area contributed by atoms with Crippen molar-refractivity contribution >= 4 is 44.3 Å². The third-order valence-corrected chi connectivity index (χ3v) is 12.1. The zero-order valence-electron chi connectivity index (χ0n) is 19.5. The molecule has 0 nitrogen and oxygen atoms in total. The van der Waals surface area contributed by atoms with Crippen LogP contribution in [0.1, 0.15) is 62.3 Å². The molecule has 0 fully saturated rings. The minimum atomic E-state index is -6.00. The van der Waals surface area contributed by atoms with E-state index < -0.39 is 7.25 Å². The van der Waals surface area contributed by atoms with Crippen molar-refractivity contribution in [3.05, 3.63) is 0 Å². The maximum absolute atomic E-state index is 9.75. The van der Waals surface area contributed by atoms with Gasteiger partial charge < -0.3 is 17.3 Å². The molecule has 0 radical (unpaired) electrons. The van der Waals surface area contributed by atoms with Crippen LogP contribution in [-0.2, 0) is 17.8 Å². The SMILES string of the molecule is CCP(CC)CC.CCP(CC)CC.CCP(CC)CC.F[B-](F)(F)F.[Br][Pt+]. The van der Waals surface area contributed by atoms with Crippen LogP contribution < -0.4 is 0 Å². The van der Waals surface area contributed by atoms with Gasteiger partial charge in [0.15, 0.2) is 0 Å². The van der Waals surface area contributed by atoms with E-state index in [1.54, 1.807) is 0 Å². The summed E-state index contributed by atoms with van der Waals surface area (Å²) in [5.74, 6) is 0. The first-order chi connectivity index (χ1) is 13.0. The Morgan fingerprint density at radius 3 is 0.536 bits per heavy atom. The molecule has 0 amide bonds. The third kappa shape index (κ3) is 51.2. The Balaban J connectivity index is -0.0000000820. The molecule has 0 bridgehead atoms. The average molecular weight is 716 g/mol. The van der Waals surface area contributed by atoms with E-state index in [4.69, 9.17) is 0 Å². The molecule has 0 atom stereocenters. The summed E-state index contributed by atoms with van der Waals surface area (Å²) in [5.41, 5.74) is 0. The predicted molar refractivity (Wildman–Crippen MR) is 135 cm³/mol. The van der Waals surface area contributed by atoms with E-state index in [0.717, 1.165) is 0 Å². The Bertz CT molecular complexity index is 194. The maximum atomic E-state index is 9.75. The fourth-order valence-corrected chi connectivity index (χ4v) is 6.04. The molecule has 0 unspecified atom stereocenters. The molecule has 0 aromatic carbocycles. The summed E-state index contributed by atoms with van der Waals surface area (Å²) in [6.07, 6.45) is 12.8. The average Bonchev–Trinajstić information content (AvgIpc) is 2.67.